The zero-order chi connectivity index (χ0) is 15.5. The van der Waals surface area contributed by atoms with Gasteiger partial charge in [0.15, 0.2) is 6.29 Å². The Labute approximate surface area is 135 Å². The van der Waals surface area contributed by atoms with Gasteiger partial charge in [-0.3, -0.25) is 0 Å². The van der Waals surface area contributed by atoms with Gasteiger partial charge >= 0.3 is 0 Å². The van der Waals surface area contributed by atoms with E-state index in [0.29, 0.717) is 13.2 Å². The standard InChI is InChI=1S/C18H22O3S/c1-3-6-13-7-4-5-8-14(13)17(19)15-11-16(22-12(15)2)18-20-9-10-21-18/h4-5,7-8,11,17-19H,3,6,9-10H2,1-2H3. The monoisotopic (exact) mass is 318 g/mol. The maximum absolute atomic E-state index is 10.9. The summed E-state index contributed by atoms with van der Waals surface area (Å²) in [6.45, 7) is 5.48. The maximum atomic E-state index is 10.9. The third-order valence-corrected chi connectivity index (χ3v) is 5.08. The maximum Gasteiger partial charge on any atom is 0.193 e. The van der Waals surface area contributed by atoms with Crippen LogP contribution in [0.4, 0.5) is 0 Å². The van der Waals surface area contributed by atoms with Crippen LogP contribution in [0.25, 0.3) is 0 Å². The van der Waals surface area contributed by atoms with Crippen molar-refractivity contribution in [1.29, 1.82) is 0 Å². The molecule has 1 aliphatic heterocycles. The van der Waals surface area contributed by atoms with Crippen LogP contribution in [-0.2, 0) is 15.9 Å². The Bertz CT molecular complexity index is 629. The molecule has 1 fully saturated rings. The Kier molecular flexibility index (Phi) is 4.93. The summed E-state index contributed by atoms with van der Waals surface area (Å²) in [4.78, 5) is 2.16. The Hall–Kier alpha value is -1.20. The molecule has 2 aromatic rings. The highest BCUT2D eigenvalue weighted by Gasteiger charge is 2.24. The van der Waals surface area contributed by atoms with E-state index in [-0.39, 0.29) is 6.29 Å². The van der Waals surface area contributed by atoms with Gasteiger partial charge in [-0.25, -0.2) is 0 Å². The van der Waals surface area contributed by atoms with Gasteiger partial charge in [-0.1, -0.05) is 37.6 Å². The van der Waals surface area contributed by atoms with Crippen molar-refractivity contribution in [3.8, 4) is 0 Å². The van der Waals surface area contributed by atoms with E-state index in [0.717, 1.165) is 33.7 Å². The summed E-state index contributed by atoms with van der Waals surface area (Å²) in [7, 11) is 0. The summed E-state index contributed by atoms with van der Waals surface area (Å²) < 4.78 is 11.1. The Morgan fingerprint density at radius 2 is 1.95 bits per heavy atom. The molecular weight excluding hydrogens is 296 g/mol. The van der Waals surface area contributed by atoms with Crippen molar-refractivity contribution in [1.82, 2.24) is 0 Å². The summed E-state index contributed by atoms with van der Waals surface area (Å²) in [6.07, 6.45) is 1.20. The molecule has 1 aromatic heterocycles. The van der Waals surface area contributed by atoms with E-state index in [1.54, 1.807) is 11.3 Å². The van der Waals surface area contributed by atoms with Crippen molar-refractivity contribution >= 4 is 11.3 Å². The predicted molar refractivity (Wildman–Crippen MR) is 88.2 cm³/mol. The van der Waals surface area contributed by atoms with Gasteiger partial charge in [0.1, 0.15) is 6.10 Å². The summed E-state index contributed by atoms with van der Waals surface area (Å²) in [5.74, 6) is 0. The highest BCUT2D eigenvalue weighted by molar-refractivity contribution is 7.12. The highest BCUT2D eigenvalue weighted by atomic mass is 32.1. The number of aryl methyl sites for hydroxylation is 2. The van der Waals surface area contributed by atoms with Crippen LogP contribution < -0.4 is 0 Å². The molecule has 3 rings (SSSR count). The molecule has 1 atom stereocenters. The number of rotatable bonds is 5. The lowest BCUT2D eigenvalue weighted by molar-refractivity contribution is -0.0414. The van der Waals surface area contributed by atoms with Gasteiger partial charge in [0.2, 0.25) is 0 Å². The van der Waals surface area contributed by atoms with E-state index in [4.69, 9.17) is 9.47 Å². The average Bonchev–Trinajstić information content (AvgIpc) is 3.17. The van der Waals surface area contributed by atoms with Crippen LogP contribution in [-0.4, -0.2) is 18.3 Å². The van der Waals surface area contributed by atoms with Gasteiger partial charge in [0.05, 0.1) is 18.1 Å². The SMILES string of the molecule is CCCc1ccccc1C(O)c1cc(C2OCCO2)sc1C. The minimum atomic E-state index is -0.589. The minimum absolute atomic E-state index is 0.268. The molecule has 0 aliphatic carbocycles. The molecule has 2 heterocycles. The molecule has 1 aliphatic rings. The van der Waals surface area contributed by atoms with Gasteiger partial charge in [-0.15, -0.1) is 11.3 Å². The van der Waals surface area contributed by atoms with Gasteiger partial charge in [0.25, 0.3) is 0 Å². The molecular formula is C18H22O3S. The van der Waals surface area contributed by atoms with Crippen LogP contribution in [0, 0.1) is 6.92 Å². The molecule has 118 valence electrons. The van der Waals surface area contributed by atoms with Crippen molar-refractivity contribution in [3.63, 3.8) is 0 Å². The molecule has 3 nitrogen and oxygen atoms in total. The first-order chi connectivity index (χ1) is 10.7. The molecule has 0 amide bonds. The van der Waals surface area contributed by atoms with Gasteiger partial charge in [-0.05, 0) is 36.1 Å². The van der Waals surface area contributed by atoms with E-state index in [2.05, 4.69) is 13.0 Å². The second kappa shape index (κ2) is 6.92. The van der Waals surface area contributed by atoms with Crippen LogP contribution in [0.2, 0.25) is 0 Å². The zero-order valence-electron chi connectivity index (χ0n) is 13.0. The molecule has 0 saturated carbocycles. The van der Waals surface area contributed by atoms with Crippen molar-refractivity contribution in [3.05, 3.63) is 56.8 Å². The normalized spacial score (nSPS) is 17.0. The topological polar surface area (TPSA) is 38.7 Å². The number of hydrogen-bond acceptors (Lipinski definition) is 4. The van der Waals surface area contributed by atoms with E-state index in [1.165, 1.54) is 5.56 Å². The molecule has 22 heavy (non-hydrogen) atoms. The second-order valence-electron chi connectivity index (χ2n) is 5.59. The van der Waals surface area contributed by atoms with Crippen molar-refractivity contribution < 1.29 is 14.6 Å². The van der Waals surface area contributed by atoms with Crippen molar-refractivity contribution in [2.75, 3.05) is 13.2 Å². The Balaban J connectivity index is 1.90. The Morgan fingerprint density at radius 3 is 2.68 bits per heavy atom. The molecule has 1 aromatic carbocycles. The number of hydrogen-bond donors (Lipinski definition) is 1. The lowest BCUT2D eigenvalue weighted by atomic mass is 9.95. The zero-order valence-corrected chi connectivity index (χ0v) is 13.9. The quantitative estimate of drug-likeness (QED) is 0.900. The lowest BCUT2D eigenvalue weighted by Gasteiger charge is -2.15. The predicted octanol–water partition coefficient (Wildman–Crippen LogP) is 4.14. The molecule has 1 saturated heterocycles. The molecule has 0 bridgehead atoms. The summed E-state index contributed by atoms with van der Waals surface area (Å²) in [5.41, 5.74) is 3.19. The summed E-state index contributed by atoms with van der Waals surface area (Å²) in [5, 5.41) is 10.9. The van der Waals surface area contributed by atoms with E-state index in [9.17, 15) is 5.11 Å². The number of benzene rings is 1. The van der Waals surface area contributed by atoms with Crippen molar-refractivity contribution in [2.45, 2.75) is 39.1 Å². The van der Waals surface area contributed by atoms with Crippen LogP contribution >= 0.6 is 11.3 Å². The molecule has 0 spiro atoms. The fourth-order valence-electron chi connectivity index (χ4n) is 2.90. The smallest absolute Gasteiger partial charge is 0.193 e. The first-order valence-electron chi connectivity index (χ1n) is 7.80. The summed E-state index contributed by atoms with van der Waals surface area (Å²) >= 11 is 1.64. The summed E-state index contributed by atoms with van der Waals surface area (Å²) in [6, 6.07) is 10.2. The molecule has 1 unspecified atom stereocenters. The third-order valence-electron chi connectivity index (χ3n) is 3.99. The Morgan fingerprint density at radius 1 is 1.23 bits per heavy atom. The molecule has 0 radical (unpaired) electrons. The van der Waals surface area contributed by atoms with E-state index >= 15 is 0 Å². The third kappa shape index (κ3) is 3.10. The fourth-order valence-corrected chi connectivity index (χ4v) is 3.96. The number of ether oxygens (including phenoxy) is 2. The van der Waals surface area contributed by atoms with E-state index < -0.39 is 6.10 Å². The van der Waals surface area contributed by atoms with Gasteiger partial charge in [0, 0.05) is 4.88 Å². The molecule has 1 N–H and O–H groups in total. The van der Waals surface area contributed by atoms with Gasteiger partial charge in [-0.2, -0.15) is 0 Å². The first kappa shape index (κ1) is 15.7. The van der Waals surface area contributed by atoms with Crippen LogP contribution in [0.1, 0.15) is 52.2 Å². The van der Waals surface area contributed by atoms with Crippen molar-refractivity contribution in [2.24, 2.45) is 0 Å². The van der Waals surface area contributed by atoms with Crippen LogP contribution in [0.15, 0.2) is 30.3 Å². The lowest BCUT2D eigenvalue weighted by Crippen LogP contribution is -2.04. The average molecular weight is 318 g/mol. The largest absolute Gasteiger partial charge is 0.384 e. The number of aliphatic hydroxyl groups is 1. The van der Waals surface area contributed by atoms with Crippen LogP contribution in [0.3, 0.4) is 0 Å². The fraction of sp³-hybridized carbons (Fsp3) is 0.444. The second-order valence-corrected chi connectivity index (χ2v) is 6.87. The van der Waals surface area contributed by atoms with E-state index in [1.807, 2.05) is 31.2 Å². The van der Waals surface area contributed by atoms with Crippen LogP contribution in [0.5, 0.6) is 0 Å². The van der Waals surface area contributed by atoms with Gasteiger partial charge < -0.3 is 14.6 Å². The number of aliphatic hydroxyl groups excluding tert-OH is 1. The minimum Gasteiger partial charge on any atom is -0.384 e. The number of thiophene rings is 1. The molecule has 4 heteroatoms. The first-order valence-corrected chi connectivity index (χ1v) is 8.61. The highest BCUT2D eigenvalue weighted by Crippen LogP contribution is 2.37.